The average Bonchev–Trinajstić information content (AvgIpc) is 3.32. The summed E-state index contributed by atoms with van der Waals surface area (Å²) in [5.74, 6) is 2.42. The van der Waals surface area contributed by atoms with Gasteiger partial charge in [-0.05, 0) is 56.4 Å². The van der Waals surface area contributed by atoms with Gasteiger partial charge < -0.3 is 19.9 Å². The molecule has 0 aromatic carbocycles. The molecule has 1 saturated carbocycles. The van der Waals surface area contributed by atoms with E-state index in [2.05, 4.69) is 55.4 Å². The summed E-state index contributed by atoms with van der Waals surface area (Å²) in [6.45, 7) is 6.05. The number of piperidine rings is 1. The fourth-order valence-electron chi connectivity index (χ4n) is 6.99. The molecule has 6 heterocycles. The topological polar surface area (TPSA) is 69.7 Å². The number of ether oxygens (including phenoxy) is 1. The molecule has 3 fully saturated rings. The molecular weight excluding hydrogens is 462 g/mol. The van der Waals surface area contributed by atoms with Crippen LogP contribution < -0.4 is 15.1 Å². The summed E-state index contributed by atoms with van der Waals surface area (Å²) in [7, 11) is 0. The molecule has 2 saturated heterocycles. The smallest absolute Gasteiger partial charge is 0.230 e. The van der Waals surface area contributed by atoms with Gasteiger partial charge in [-0.1, -0.05) is 25.3 Å². The molecular formula is C29H37N7O. The molecule has 1 aliphatic carbocycles. The second-order valence-corrected chi connectivity index (χ2v) is 11.2. The number of nitrogens with one attached hydrogen (secondary N) is 1. The lowest BCUT2D eigenvalue weighted by molar-refractivity contribution is 0.0115. The Morgan fingerprint density at radius 3 is 2.54 bits per heavy atom. The zero-order valence-corrected chi connectivity index (χ0v) is 21.6. The first-order chi connectivity index (χ1) is 18.3. The van der Waals surface area contributed by atoms with Crippen LogP contribution in [-0.2, 0) is 4.74 Å². The Hall–Kier alpha value is -2.97. The molecule has 37 heavy (non-hydrogen) atoms. The summed E-state index contributed by atoms with van der Waals surface area (Å²) in [5.41, 5.74) is 3.76. The first kappa shape index (κ1) is 23.2. The third-order valence-corrected chi connectivity index (χ3v) is 9.03. The van der Waals surface area contributed by atoms with Crippen LogP contribution in [0.4, 0.5) is 23.3 Å². The van der Waals surface area contributed by atoms with Crippen molar-refractivity contribution in [1.82, 2.24) is 19.9 Å². The van der Waals surface area contributed by atoms with Crippen molar-refractivity contribution in [2.75, 3.05) is 54.5 Å². The molecule has 194 valence electrons. The Bertz CT molecular complexity index is 1170. The van der Waals surface area contributed by atoms with Crippen LogP contribution in [0.5, 0.6) is 0 Å². The summed E-state index contributed by atoms with van der Waals surface area (Å²) in [6, 6.07) is 4.91. The minimum Gasteiger partial charge on any atom is -0.379 e. The molecule has 2 aromatic rings. The summed E-state index contributed by atoms with van der Waals surface area (Å²) in [4.78, 5) is 21.9. The molecule has 1 spiro atoms. The molecule has 0 bridgehead atoms. The van der Waals surface area contributed by atoms with Gasteiger partial charge in [0.15, 0.2) is 0 Å². The lowest BCUT2D eigenvalue weighted by Crippen LogP contribution is -2.49. The molecule has 8 heteroatoms. The van der Waals surface area contributed by atoms with Gasteiger partial charge in [-0.15, -0.1) is 0 Å². The summed E-state index contributed by atoms with van der Waals surface area (Å²) < 4.78 is 5.52. The number of pyridine rings is 1. The maximum Gasteiger partial charge on any atom is 0.230 e. The van der Waals surface area contributed by atoms with Gasteiger partial charge in [-0.2, -0.15) is 4.98 Å². The van der Waals surface area contributed by atoms with Crippen molar-refractivity contribution in [2.24, 2.45) is 0 Å². The highest BCUT2D eigenvalue weighted by atomic mass is 16.5. The van der Waals surface area contributed by atoms with Crippen molar-refractivity contribution in [2.45, 2.75) is 62.9 Å². The third kappa shape index (κ3) is 4.40. The minimum atomic E-state index is 0.188. The Morgan fingerprint density at radius 1 is 0.919 bits per heavy atom. The van der Waals surface area contributed by atoms with Crippen molar-refractivity contribution in [1.29, 1.82) is 0 Å². The van der Waals surface area contributed by atoms with E-state index in [-0.39, 0.29) is 5.54 Å². The SMILES string of the molecule is C1=Cc2cnc(Nc3ccc(N4CCC(N5CCOCC5)CC4)cn3)nc2N2C1=CCC21CCCCC1. The lowest BCUT2D eigenvalue weighted by atomic mass is 9.79. The predicted octanol–water partition coefficient (Wildman–Crippen LogP) is 4.74. The fourth-order valence-corrected chi connectivity index (χ4v) is 6.99. The van der Waals surface area contributed by atoms with Gasteiger partial charge in [-0.3, -0.25) is 4.90 Å². The van der Waals surface area contributed by atoms with Crippen molar-refractivity contribution in [3.8, 4) is 0 Å². The highest BCUT2D eigenvalue weighted by Crippen LogP contribution is 2.48. The molecule has 1 N–H and O–H groups in total. The van der Waals surface area contributed by atoms with Crippen molar-refractivity contribution in [3.05, 3.63) is 47.9 Å². The maximum absolute atomic E-state index is 5.52. The molecule has 4 aliphatic heterocycles. The zero-order valence-electron chi connectivity index (χ0n) is 21.6. The van der Waals surface area contributed by atoms with Crippen LogP contribution in [0, 0.1) is 0 Å². The molecule has 0 unspecified atom stereocenters. The van der Waals surface area contributed by atoms with E-state index in [9.17, 15) is 0 Å². The molecule has 2 aromatic heterocycles. The van der Waals surface area contributed by atoms with Gasteiger partial charge >= 0.3 is 0 Å². The lowest BCUT2D eigenvalue weighted by Gasteiger charge is -2.44. The maximum atomic E-state index is 5.52. The second kappa shape index (κ2) is 9.72. The van der Waals surface area contributed by atoms with Gasteiger partial charge in [-0.25, -0.2) is 9.97 Å². The van der Waals surface area contributed by atoms with Gasteiger partial charge in [0.2, 0.25) is 5.95 Å². The van der Waals surface area contributed by atoms with Gasteiger partial charge in [0, 0.05) is 49.7 Å². The van der Waals surface area contributed by atoms with Gasteiger partial charge in [0.05, 0.1) is 30.6 Å². The van der Waals surface area contributed by atoms with Crippen molar-refractivity contribution >= 4 is 29.3 Å². The molecule has 7 rings (SSSR count). The monoisotopic (exact) mass is 499 g/mol. The normalized spacial score (nSPS) is 23.6. The number of morpholine rings is 1. The van der Waals surface area contributed by atoms with Crippen LogP contribution in [0.15, 0.2) is 42.4 Å². The first-order valence-electron chi connectivity index (χ1n) is 14.1. The standard InChI is InChI=1S/C29H37N7O/c1-2-11-29(12-3-1)13-8-24-5-4-22-20-31-28(33-27(22)36(24)29)32-26-7-6-25(21-30-26)34-14-9-23(10-15-34)35-16-18-37-19-17-35/h4-8,20-21,23H,1-3,9-19H2,(H,30,31,32,33). The minimum absolute atomic E-state index is 0.188. The number of fused-ring (bicyclic) bond motifs is 4. The Balaban J connectivity index is 1.03. The van der Waals surface area contributed by atoms with Crippen LogP contribution >= 0.6 is 0 Å². The van der Waals surface area contributed by atoms with Crippen LogP contribution in [0.3, 0.4) is 0 Å². The predicted molar refractivity (Wildman–Crippen MR) is 147 cm³/mol. The highest BCUT2D eigenvalue weighted by molar-refractivity contribution is 5.76. The zero-order chi connectivity index (χ0) is 24.7. The molecule has 0 atom stereocenters. The van der Waals surface area contributed by atoms with E-state index in [0.717, 1.165) is 63.0 Å². The van der Waals surface area contributed by atoms with E-state index in [1.165, 1.54) is 56.3 Å². The largest absolute Gasteiger partial charge is 0.379 e. The first-order valence-corrected chi connectivity index (χ1v) is 14.1. The Kier molecular flexibility index (Phi) is 6.09. The second-order valence-electron chi connectivity index (χ2n) is 11.2. The number of hydrogen-bond acceptors (Lipinski definition) is 8. The average molecular weight is 500 g/mol. The van der Waals surface area contributed by atoms with E-state index in [1.807, 2.05) is 12.4 Å². The quantitative estimate of drug-likeness (QED) is 0.647. The van der Waals surface area contributed by atoms with E-state index in [0.29, 0.717) is 12.0 Å². The van der Waals surface area contributed by atoms with E-state index < -0.39 is 0 Å². The van der Waals surface area contributed by atoms with E-state index >= 15 is 0 Å². The summed E-state index contributed by atoms with van der Waals surface area (Å²) in [5, 5.41) is 3.36. The third-order valence-electron chi connectivity index (χ3n) is 9.03. The molecule has 5 aliphatic rings. The number of allylic oxidation sites excluding steroid dienone is 1. The van der Waals surface area contributed by atoms with Crippen LogP contribution in [-0.4, -0.2) is 70.8 Å². The number of anilines is 4. The fraction of sp³-hybridized carbons (Fsp3) is 0.552. The molecule has 0 amide bonds. The van der Waals surface area contributed by atoms with Crippen molar-refractivity contribution in [3.63, 3.8) is 0 Å². The number of aromatic nitrogens is 3. The highest BCUT2D eigenvalue weighted by Gasteiger charge is 2.44. The Labute approximate surface area is 219 Å². The van der Waals surface area contributed by atoms with Crippen LogP contribution in [0.1, 0.15) is 56.9 Å². The number of nitrogens with zero attached hydrogens (tertiary/aromatic N) is 6. The molecule has 8 nitrogen and oxygen atoms in total. The molecule has 0 radical (unpaired) electrons. The van der Waals surface area contributed by atoms with Crippen molar-refractivity contribution < 1.29 is 4.74 Å². The summed E-state index contributed by atoms with van der Waals surface area (Å²) in [6.07, 6.45) is 20.6. The summed E-state index contributed by atoms with van der Waals surface area (Å²) >= 11 is 0. The Morgan fingerprint density at radius 2 is 1.76 bits per heavy atom. The van der Waals surface area contributed by atoms with Crippen LogP contribution in [0.2, 0.25) is 0 Å². The van der Waals surface area contributed by atoms with Gasteiger partial charge in [0.1, 0.15) is 11.6 Å². The van der Waals surface area contributed by atoms with Crippen LogP contribution in [0.25, 0.3) is 6.08 Å². The van der Waals surface area contributed by atoms with E-state index in [4.69, 9.17) is 14.7 Å². The number of hydrogen-bond donors (Lipinski definition) is 1. The van der Waals surface area contributed by atoms with E-state index in [1.54, 1.807) is 0 Å². The number of rotatable bonds is 4. The van der Waals surface area contributed by atoms with Gasteiger partial charge in [0.25, 0.3) is 0 Å².